The number of nitrogens with zero attached hydrogens (tertiary/aromatic N) is 4. The number of nitrogens with two attached hydrogens (primary N) is 1. The summed E-state index contributed by atoms with van der Waals surface area (Å²) in [4.78, 5) is 20.8. The summed E-state index contributed by atoms with van der Waals surface area (Å²) in [5.74, 6) is 1.53. The minimum Gasteiger partial charge on any atom is -0.439 e. The van der Waals surface area contributed by atoms with Gasteiger partial charge in [0.2, 0.25) is 5.88 Å². The number of hydrogen-bond donors (Lipinski definition) is 3. The van der Waals surface area contributed by atoms with Crippen molar-refractivity contribution >= 4 is 33.2 Å². The Kier molecular flexibility index (Phi) is 6.86. The van der Waals surface area contributed by atoms with E-state index in [-0.39, 0.29) is 10.3 Å². The van der Waals surface area contributed by atoms with Crippen LogP contribution in [0.1, 0.15) is 26.5 Å². The molecule has 0 aliphatic heterocycles. The molecular formula is C25H27N7O4S. The fourth-order valence-electron chi connectivity index (χ4n) is 3.28. The molecule has 0 atom stereocenters. The maximum Gasteiger partial charge on any atom is 0.324 e. The third kappa shape index (κ3) is 6.41. The maximum absolute atomic E-state index is 12.8. The van der Waals surface area contributed by atoms with Gasteiger partial charge in [0, 0.05) is 29.5 Å². The molecule has 37 heavy (non-hydrogen) atoms. The maximum atomic E-state index is 12.8. The summed E-state index contributed by atoms with van der Waals surface area (Å²) in [7, 11) is -3.34. The highest BCUT2D eigenvalue weighted by Gasteiger charge is 2.22. The Morgan fingerprint density at radius 1 is 0.973 bits per heavy atom. The van der Waals surface area contributed by atoms with Crippen molar-refractivity contribution < 1.29 is 17.9 Å². The lowest BCUT2D eigenvalue weighted by atomic mass is 9.92. The standard InChI is InChI=1S/C25H27N7O4S/c1-25(2,3)20-13-22(32(31-20)17-7-11-19(12-8-17)37(4,34)35)30-24(33)29-16-5-9-18(10-6-16)36-23-14-21(26)27-15-28-23/h5-15H,1-4H3,(H2,26,27,28)(H2,29,30,33). The Bertz CT molecular complexity index is 1520. The van der Waals surface area contributed by atoms with E-state index in [2.05, 4.69) is 25.7 Å². The van der Waals surface area contributed by atoms with Crippen molar-refractivity contribution in [2.24, 2.45) is 0 Å². The van der Waals surface area contributed by atoms with Gasteiger partial charge in [0.1, 0.15) is 23.7 Å². The molecule has 0 unspecified atom stereocenters. The number of carbonyl (C=O) groups excluding carboxylic acids is 1. The third-order valence-electron chi connectivity index (χ3n) is 5.23. The number of ether oxygens (including phenoxy) is 1. The minimum absolute atomic E-state index is 0.197. The number of nitrogens with one attached hydrogen (secondary N) is 2. The van der Waals surface area contributed by atoms with Crippen LogP contribution in [-0.2, 0) is 15.3 Å². The van der Waals surface area contributed by atoms with Crippen LogP contribution >= 0.6 is 0 Å². The van der Waals surface area contributed by atoms with Crippen LogP contribution in [0.5, 0.6) is 11.6 Å². The molecule has 11 nitrogen and oxygen atoms in total. The molecule has 2 heterocycles. The smallest absolute Gasteiger partial charge is 0.324 e. The highest BCUT2D eigenvalue weighted by Crippen LogP contribution is 2.27. The van der Waals surface area contributed by atoms with Crippen LogP contribution in [0.25, 0.3) is 5.69 Å². The van der Waals surface area contributed by atoms with E-state index in [1.165, 1.54) is 24.5 Å². The van der Waals surface area contributed by atoms with Gasteiger partial charge in [0.25, 0.3) is 0 Å². The van der Waals surface area contributed by atoms with E-state index in [4.69, 9.17) is 10.5 Å². The first-order chi connectivity index (χ1) is 17.4. The number of rotatable bonds is 6. The van der Waals surface area contributed by atoms with E-state index in [1.807, 2.05) is 20.8 Å². The lowest BCUT2D eigenvalue weighted by molar-refractivity contribution is 0.262. The molecule has 0 saturated carbocycles. The van der Waals surface area contributed by atoms with Gasteiger partial charge in [-0.1, -0.05) is 20.8 Å². The highest BCUT2D eigenvalue weighted by molar-refractivity contribution is 7.90. The average Bonchev–Trinajstić information content (AvgIpc) is 3.24. The number of nitrogen functional groups attached to an aromatic ring is 1. The van der Waals surface area contributed by atoms with E-state index < -0.39 is 15.9 Å². The molecule has 0 bridgehead atoms. The van der Waals surface area contributed by atoms with Gasteiger partial charge in [-0.2, -0.15) is 5.10 Å². The summed E-state index contributed by atoms with van der Waals surface area (Å²) in [5, 5.41) is 10.3. The molecule has 0 fully saturated rings. The van der Waals surface area contributed by atoms with Crippen molar-refractivity contribution in [1.29, 1.82) is 0 Å². The van der Waals surface area contributed by atoms with Crippen molar-refractivity contribution in [3.8, 4) is 17.3 Å². The lowest BCUT2D eigenvalue weighted by Crippen LogP contribution is -2.21. The van der Waals surface area contributed by atoms with Gasteiger partial charge in [-0.3, -0.25) is 5.32 Å². The lowest BCUT2D eigenvalue weighted by Gasteiger charge is -2.14. The number of sulfone groups is 1. The van der Waals surface area contributed by atoms with Gasteiger partial charge in [0.05, 0.1) is 16.3 Å². The number of carbonyl (C=O) groups is 1. The number of aromatic nitrogens is 4. The van der Waals surface area contributed by atoms with Crippen LogP contribution in [0.4, 0.5) is 22.1 Å². The van der Waals surface area contributed by atoms with Crippen LogP contribution < -0.4 is 21.1 Å². The fourth-order valence-corrected chi connectivity index (χ4v) is 3.91. The minimum atomic E-state index is -3.34. The number of benzene rings is 2. The van der Waals surface area contributed by atoms with Crippen LogP contribution in [0, 0.1) is 0 Å². The molecule has 4 rings (SSSR count). The largest absolute Gasteiger partial charge is 0.439 e. The van der Waals surface area contributed by atoms with E-state index in [0.29, 0.717) is 34.6 Å². The molecule has 2 aromatic carbocycles. The van der Waals surface area contributed by atoms with Crippen LogP contribution in [0.3, 0.4) is 0 Å². The number of hydrogen-bond acceptors (Lipinski definition) is 8. The van der Waals surface area contributed by atoms with Gasteiger partial charge in [-0.05, 0) is 48.5 Å². The van der Waals surface area contributed by atoms with Crippen LogP contribution in [0.15, 0.2) is 71.9 Å². The highest BCUT2D eigenvalue weighted by atomic mass is 32.2. The molecular weight excluding hydrogens is 494 g/mol. The molecule has 0 saturated heterocycles. The molecule has 4 N–H and O–H groups in total. The zero-order valence-electron chi connectivity index (χ0n) is 20.8. The van der Waals surface area contributed by atoms with Crippen molar-refractivity contribution in [2.45, 2.75) is 31.1 Å². The second-order valence-corrected chi connectivity index (χ2v) is 11.3. The van der Waals surface area contributed by atoms with Crippen molar-refractivity contribution in [2.75, 3.05) is 22.6 Å². The number of anilines is 3. The Morgan fingerprint density at radius 2 is 1.65 bits per heavy atom. The summed E-state index contributed by atoms with van der Waals surface area (Å²) >= 11 is 0. The first-order valence-electron chi connectivity index (χ1n) is 11.2. The van der Waals surface area contributed by atoms with Gasteiger partial charge in [0.15, 0.2) is 9.84 Å². The first kappa shape index (κ1) is 25.6. The molecule has 0 spiro atoms. The van der Waals surface area contributed by atoms with Crippen molar-refractivity contribution in [1.82, 2.24) is 19.7 Å². The fraction of sp³-hybridized carbons (Fsp3) is 0.200. The summed E-state index contributed by atoms with van der Waals surface area (Å²) in [6.45, 7) is 6.03. The molecule has 0 aliphatic carbocycles. The topological polar surface area (TPSA) is 154 Å². The quantitative estimate of drug-likeness (QED) is 0.338. The van der Waals surface area contributed by atoms with Crippen LogP contribution in [-0.4, -0.2) is 40.5 Å². The van der Waals surface area contributed by atoms with E-state index >= 15 is 0 Å². The van der Waals surface area contributed by atoms with Gasteiger partial charge in [-0.25, -0.2) is 27.9 Å². The Hall–Kier alpha value is -4.45. The molecule has 2 aromatic heterocycles. The van der Waals surface area contributed by atoms with E-state index in [1.54, 1.807) is 47.1 Å². The molecule has 0 aliphatic rings. The average molecular weight is 522 g/mol. The normalized spacial score (nSPS) is 11.7. The zero-order valence-corrected chi connectivity index (χ0v) is 21.6. The Balaban J connectivity index is 1.51. The zero-order chi connectivity index (χ0) is 26.8. The van der Waals surface area contributed by atoms with Gasteiger partial charge in [-0.15, -0.1) is 0 Å². The van der Waals surface area contributed by atoms with E-state index in [0.717, 1.165) is 11.9 Å². The summed E-state index contributed by atoms with van der Waals surface area (Å²) < 4.78 is 30.8. The summed E-state index contributed by atoms with van der Waals surface area (Å²) in [5.41, 5.74) is 7.24. The summed E-state index contributed by atoms with van der Waals surface area (Å²) in [6.07, 6.45) is 2.45. The molecule has 192 valence electrons. The molecule has 12 heteroatoms. The monoisotopic (exact) mass is 521 g/mol. The van der Waals surface area contributed by atoms with Crippen molar-refractivity contribution in [3.05, 3.63) is 72.7 Å². The number of amides is 2. The van der Waals surface area contributed by atoms with Gasteiger partial charge < -0.3 is 15.8 Å². The SMILES string of the molecule is CC(C)(C)c1cc(NC(=O)Nc2ccc(Oc3cc(N)ncn3)cc2)n(-c2ccc(S(C)(=O)=O)cc2)n1. The summed E-state index contributed by atoms with van der Waals surface area (Å²) in [6, 6.07) is 15.8. The third-order valence-corrected chi connectivity index (χ3v) is 6.36. The van der Waals surface area contributed by atoms with E-state index in [9.17, 15) is 13.2 Å². The van der Waals surface area contributed by atoms with Gasteiger partial charge >= 0.3 is 6.03 Å². The molecule has 4 aromatic rings. The predicted octanol–water partition coefficient (Wildman–Crippen LogP) is 4.38. The Morgan fingerprint density at radius 3 is 2.24 bits per heavy atom. The van der Waals surface area contributed by atoms with Crippen LogP contribution in [0.2, 0.25) is 0 Å². The molecule has 0 radical (unpaired) electrons. The second kappa shape index (κ2) is 9.90. The first-order valence-corrected chi connectivity index (χ1v) is 13.1. The Labute approximate surface area is 214 Å². The number of urea groups is 1. The molecule has 2 amide bonds. The van der Waals surface area contributed by atoms with Crippen molar-refractivity contribution in [3.63, 3.8) is 0 Å². The second-order valence-electron chi connectivity index (χ2n) is 9.33. The predicted molar refractivity (Wildman–Crippen MR) is 141 cm³/mol.